The first kappa shape index (κ1) is 15.3. The van der Waals surface area contributed by atoms with Crippen LogP contribution in [0.2, 0.25) is 10.0 Å². The van der Waals surface area contributed by atoms with Gasteiger partial charge in [-0.3, -0.25) is 0 Å². The molecule has 98 valence electrons. The van der Waals surface area contributed by atoms with E-state index in [0.717, 1.165) is 4.31 Å². The van der Waals surface area contributed by atoms with Crippen molar-refractivity contribution in [2.75, 3.05) is 13.6 Å². The summed E-state index contributed by atoms with van der Waals surface area (Å²) >= 11 is 11.9. The zero-order chi connectivity index (χ0) is 13.9. The minimum atomic E-state index is -3.74. The molecular formula is C11H12Cl2N2O2S. The number of sulfonamides is 1. The molecule has 0 saturated carbocycles. The third kappa shape index (κ3) is 2.79. The third-order valence-corrected chi connectivity index (χ3v) is 5.10. The van der Waals surface area contributed by atoms with Crippen LogP contribution in [0.5, 0.6) is 0 Å². The largest absolute Gasteiger partial charge is 0.326 e. The quantitative estimate of drug-likeness (QED) is 0.861. The summed E-state index contributed by atoms with van der Waals surface area (Å²) in [6.45, 7) is 0.0130. The van der Waals surface area contributed by atoms with Gasteiger partial charge in [0.25, 0.3) is 0 Å². The van der Waals surface area contributed by atoms with E-state index in [4.69, 9.17) is 35.4 Å². The normalized spacial score (nSPS) is 11.6. The van der Waals surface area contributed by atoms with Crippen molar-refractivity contribution >= 4 is 33.2 Å². The van der Waals surface area contributed by atoms with Crippen molar-refractivity contribution < 1.29 is 8.42 Å². The lowest BCUT2D eigenvalue weighted by Crippen LogP contribution is -2.27. The van der Waals surface area contributed by atoms with E-state index in [1.807, 2.05) is 0 Å². The van der Waals surface area contributed by atoms with Crippen LogP contribution in [0.4, 0.5) is 0 Å². The lowest BCUT2D eigenvalue weighted by molar-refractivity contribution is 0.503. The van der Waals surface area contributed by atoms with Crippen LogP contribution in [0.15, 0.2) is 17.0 Å². The molecule has 0 aliphatic rings. The summed E-state index contributed by atoms with van der Waals surface area (Å²) in [5.41, 5.74) is 5.89. The zero-order valence-corrected chi connectivity index (χ0v) is 12.0. The molecule has 0 aliphatic heterocycles. The molecule has 0 spiro atoms. The molecule has 0 fully saturated rings. The molecule has 0 saturated heterocycles. The summed E-state index contributed by atoms with van der Waals surface area (Å²) in [4.78, 5) is -0.0493. The van der Waals surface area contributed by atoms with E-state index in [1.54, 1.807) is 0 Å². The van der Waals surface area contributed by atoms with Crippen LogP contribution in [-0.4, -0.2) is 26.3 Å². The van der Waals surface area contributed by atoms with Crippen molar-refractivity contribution in [3.8, 4) is 12.3 Å². The Morgan fingerprint density at radius 1 is 1.44 bits per heavy atom. The average Bonchev–Trinajstić information content (AvgIpc) is 2.29. The first-order chi connectivity index (χ1) is 8.36. The van der Waals surface area contributed by atoms with Gasteiger partial charge in [0.15, 0.2) is 0 Å². The lowest BCUT2D eigenvalue weighted by Gasteiger charge is -2.17. The van der Waals surface area contributed by atoms with E-state index >= 15 is 0 Å². The highest BCUT2D eigenvalue weighted by atomic mass is 35.5. The summed E-state index contributed by atoms with van der Waals surface area (Å²) < 4.78 is 25.4. The SMILES string of the molecule is C#CCN(C)S(=O)(=O)c1ccc(Cl)c(CN)c1Cl. The van der Waals surface area contributed by atoms with E-state index in [9.17, 15) is 8.42 Å². The molecule has 18 heavy (non-hydrogen) atoms. The summed E-state index contributed by atoms with van der Waals surface area (Å²) in [5, 5.41) is 0.370. The van der Waals surface area contributed by atoms with Gasteiger partial charge in [0.1, 0.15) is 4.90 Å². The molecule has 0 atom stereocenters. The number of rotatable bonds is 4. The monoisotopic (exact) mass is 306 g/mol. The minimum absolute atomic E-state index is 0.0360. The van der Waals surface area contributed by atoms with Gasteiger partial charge in [-0.1, -0.05) is 29.1 Å². The number of benzene rings is 1. The Hall–Kier alpha value is -0.770. The highest BCUT2D eigenvalue weighted by Crippen LogP contribution is 2.31. The van der Waals surface area contributed by atoms with Crippen molar-refractivity contribution in [2.45, 2.75) is 11.4 Å². The zero-order valence-electron chi connectivity index (χ0n) is 9.65. The molecule has 0 aliphatic carbocycles. The Morgan fingerprint density at radius 2 is 2.06 bits per heavy atom. The molecule has 0 aromatic heterocycles. The third-order valence-electron chi connectivity index (χ3n) is 2.36. The number of nitrogens with zero attached hydrogens (tertiary/aromatic N) is 1. The predicted octanol–water partition coefficient (Wildman–Crippen LogP) is 1.71. The number of hydrogen-bond acceptors (Lipinski definition) is 3. The van der Waals surface area contributed by atoms with E-state index in [0.29, 0.717) is 10.6 Å². The Labute approximate surface area is 117 Å². The first-order valence-corrected chi connectivity index (χ1v) is 7.12. The number of terminal acetylenes is 1. The Kier molecular flexibility index (Phi) is 5.02. The fourth-order valence-electron chi connectivity index (χ4n) is 1.34. The van der Waals surface area contributed by atoms with Gasteiger partial charge in [0.2, 0.25) is 10.0 Å². The summed E-state index contributed by atoms with van der Waals surface area (Å²) in [6, 6.07) is 2.79. The number of nitrogens with two attached hydrogens (primary N) is 1. The molecule has 4 nitrogen and oxygen atoms in total. The maximum Gasteiger partial charge on any atom is 0.245 e. The Balaban J connectivity index is 3.40. The average molecular weight is 307 g/mol. The Morgan fingerprint density at radius 3 is 2.56 bits per heavy atom. The Bertz CT molecular complexity index is 594. The maximum absolute atomic E-state index is 12.2. The van der Waals surface area contributed by atoms with Crippen LogP contribution in [0.25, 0.3) is 0 Å². The second-order valence-corrected chi connectivity index (χ2v) is 6.31. The molecule has 1 aromatic rings. The van der Waals surface area contributed by atoms with Gasteiger partial charge in [0, 0.05) is 24.2 Å². The maximum atomic E-state index is 12.2. The van der Waals surface area contributed by atoms with Crippen molar-refractivity contribution in [1.29, 1.82) is 0 Å². The highest BCUT2D eigenvalue weighted by Gasteiger charge is 2.25. The van der Waals surface area contributed by atoms with Gasteiger partial charge in [-0.2, -0.15) is 4.31 Å². The lowest BCUT2D eigenvalue weighted by atomic mass is 10.2. The van der Waals surface area contributed by atoms with E-state index in [2.05, 4.69) is 5.92 Å². The van der Waals surface area contributed by atoms with Crippen LogP contribution >= 0.6 is 23.2 Å². The molecule has 7 heteroatoms. The van der Waals surface area contributed by atoms with Gasteiger partial charge in [-0.25, -0.2) is 8.42 Å². The molecular weight excluding hydrogens is 295 g/mol. The standard InChI is InChI=1S/C11H12Cl2N2O2S/c1-3-6-15(2)18(16,17)10-5-4-9(12)8(7-14)11(10)13/h1,4-5H,6-7,14H2,2H3. The van der Waals surface area contributed by atoms with Crippen LogP contribution in [0.3, 0.4) is 0 Å². The molecule has 1 aromatic carbocycles. The van der Waals surface area contributed by atoms with Gasteiger partial charge in [0.05, 0.1) is 11.6 Å². The van der Waals surface area contributed by atoms with Crippen LogP contribution in [0, 0.1) is 12.3 Å². The molecule has 1 rings (SSSR count). The predicted molar refractivity (Wildman–Crippen MR) is 73.0 cm³/mol. The summed E-state index contributed by atoms with van der Waals surface area (Å²) in [7, 11) is -2.36. The van der Waals surface area contributed by atoms with Crippen LogP contribution in [-0.2, 0) is 16.6 Å². The van der Waals surface area contributed by atoms with E-state index in [1.165, 1.54) is 19.2 Å². The fraction of sp³-hybridized carbons (Fsp3) is 0.273. The second kappa shape index (κ2) is 5.91. The molecule has 2 N–H and O–H groups in total. The highest BCUT2D eigenvalue weighted by molar-refractivity contribution is 7.89. The van der Waals surface area contributed by atoms with Crippen LogP contribution in [0.1, 0.15) is 5.56 Å². The van der Waals surface area contributed by atoms with Crippen molar-refractivity contribution in [1.82, 2.24) is 4.31 Å². The number of hydrogen-bond donors (Lipinski definition) is 1. The van der Waals surface area contributed by atoms with Crippen molar-refractivity contribution in [3.05, 3.63) is 27.7 Å². The summed E-state index contributed by atoms with van der Waals surface area (Å²) in [6.07, 6.45) is 5.09. The second-order valence-electron chi connectivity index (χ2n) is 3.51. The molecule has 0 amide bonds. The molecule has 0 radical (unpaired) electrons. The smallest absolute Gasteiger partial charge is 0.245 e. The number of halogens is 2. The van der Waals surface area contributed by atoms with Gasteiger partial charge in [-0.15, -0.1) is 6.42 Å². The van der Waals surface area contributed by atoms with Crippen molar-refractivity contribution in [2.24, 2.45) is 5.73 Å². The fourth-order valence-corrected chi connectivity index (χ4v) is 3.33. The topological polar surface area (TPSA) is 63.4 Å². The molecule has 0 heterocycles. The van der Waals surface area contributed by atoms with Gasteiger partial charge in [-0.05, 0) is 12.1 Å². The van der Waals surface area contributed by atoms with Crippen molar-refractivity contribution in [3.63, 3.8) is 0 Å². The first-order valence-electron chi connectivity index (χ1n) is 4.93. The van der Waals surface area contributed by atoms with Gasteiger partial charge >= 0.3 is 0 Å². The molecule has 0 bridgehead atoms. The van der Waals surface area contributed by atoms with Crippen LogP contribution < -0.4 is 5.73 Å². The molecule has 0 unspecified atom stereocenters. The van der Waals surface area contributed by atoms with E-state index in [-0.39, 0.29) is 23.0 Å². The van der Waals surface area contributed by atoms with E-state index < -0.39 is 10.0 Å². The van der Waals surface area contributed by atoms with Gasteiger partial charge < -0.3 is 5.73 Å². The minimum Gasteiger partial charge on any atom is -0.326 e. The summed E-state index contributed by atoms with van der Waals surface area (Å²) in [5.74, 6) is 2.26.